The molecular weight excluding hydrogens is 899 g/mol. The lowest BCUT2D eigenvalue weighted by Crippen LogP contribution is -2.02. The molecule has 0 N–H and O–H groups in total. The van der Waals surface area contributed by atoms with Gasteiger partial charge in [-0.05, 0) is 117 Å². The van der Waals surface area contributed by atoms with E-state index in [4.69, 9.17) is 15.0 Å². The van der Waals surface area contributed by atoms with Gasteiger partial charge in [-0.1, -0.05) is 188 Å². The van der Waals surface area contributed by atoms with Crippen LogP contribution in [0.15, 0.2) is 261 Å². The van der Waals surface area contributed by atoms with Crippen LogP contribution in [0.3, 0.4) is 0 Å². The zero-order chi connectivity index (χ0) is 48.7. The number of rotatable bonds is 7. The van der Waals surface area contributed by atoms with Crippen LogP contribution in [0.1, 0.15) is 0 Å². The molecule has 0 atom stereocenters. The average molecular weight is 942 g/mol. The van der Waals surface area contributed by atoms with Crippen LogP contribution in [0.4, 0.5) is 0 Å². The van der Waals surface area contributed by atoms with Gasteiger partial charge in [0, 0.05) is 54.7 Å². The Hall–Kier alpha value is -9.97. The minimum Gasteiger partial charge on any atom is -0.309 e. The van der Waals surface area contributed by atoms with Crippen LogP contribution in [0.5, 0.6) is 0 Å². The summed E-state index contributed by atoms with van der Waals surface area (Å²) >= 11 is 0. The molecule has 0 saturated heterocycles. The summed E-state index contributed by atoms with van der Waals surface area (Å²) in [5.74, 6) is 1.82. The first-order valence-corrected chi connectivity index (χ1v) is 25.2. The molecule has 0 aliphatic rings. The summed E-state index contributed by atoms with van der Waals surface area (Å²) in [5, 5.41) is 11.7. The van der Waals surface area contributed by atoms with E-state index < -0.39 is 0 Å². The number of aromatic nitrogens is 5. The minimum atomic E-state index is 0.603. The highest BCUT2D eigenvalue weighted by Crippen LogP contribution is 2.43. The third-order valence-corrected chi connectivity index (χ3v) is 14.9. The van der Waals surface area contributed by atoms with Gasteiger partial charge >= 0.3 is 0 Å². The summed E-state index contributed by atoms with van der Waals surface area (Å²) in [5.41, 5.74) is 14.1. The lowest BCUT2D eigenvalue weighted by molar-refractivity contribution is 1.08. The molecule has 344 valence electrons. The van der Waals surface area contributed by atoms with E-state index in [2.05, 4.69) is 252 Å². The zero-order valence-electron chi connectivity index (χ0n) is 40.1. The van der Waals surface area contributed by atoms with Crippen molar-refractivity contribution in [3.05, 3.63) is 261 Å². The second kappa shape index (κ2) is 16.8. The summed E-state index contributed by atoms with van der Waals surface area (Å²) in [6, 6.07) is 93.7. The molecule has 0 amide bonds. The fourth-order valence-corrected chi connectivity index (χ4v) is 11.4. The predicted molar refractivity (Wildman–Crippen MR) is 308 cm³/mol. The highest BCUT2D eigenvalue weighted by atomic mass is 15.0. The van der Waals surface area contributed by atoms with Crippen molar-refractivity contribution in [2.45, 2.75) is 0 Å². The fraction of sp³-hybridized carbons (Fsp3) is 0. The van der Waals surface area contributed by atoms with Crippen molar-refractivity contribution in [2.75, 3.05) is 0 Å². The molecule has 5 nitrogen and oxygen atoms in total. The van der Waals surface area contributed by atoms with E-state index in [0.717, 1.165) is 71.9 Å². The number of hydrogen-bond acceptors (Lipinski definition) is 3. The van der Waals surface area contributed by atoms with Crippen molar-refractivity contribution in [2.24, 2.45) is 0 Å². The molecule has 74 heavy (non-hydrogen) atoms. The van der Waals surface area contributed by atoms with E-state index in [0.29, 0.717) is 17.5 Å². The Morgan fingerprint density at radius 1 is 0.243 bits per heavy atom. The lowest BCUT2D eigenvalue weighted by atomic mass is 9.94. The molecule has 0 aliphatic heterocycles. The van der Waals surface area contributed by atoms with Gasteiger partial charge in [-0.2, -0.15) is 0 Å². The van der Waals surface area contributed by atoms with Crippen molar-refractivity contribution in [3.63, 3.8) is 0 Å². The van der Waals surface area contributed by atoms with Gasteiger partial charge in [-0.15, -0.1) is 0 Å². The number of para-hydroxylation sites is 2. The van der Waals surface area contributed by atoms with Crippen LogP contribution in [0, 0.1) is 0 Å². The van der Waals surface area contributed by atoms with E-state index in [1.54, 1.807) is 0 Å². The Labute approximate surface area is 426 Å². The van der Waals surface area contributed by atoms with Crippen LogP contribution >= 0.6 is 0 Å². The molecular formula is C69H43N5. The monoisotopic (exact) mass is 941 g/mol. The first kappa shape index (κ1) is 41.8. The van der Waals surface area contributed by atoms with Crippen molar-refractivity contribution in [1.82, 2.24) is 24.1 Å². The van der Waals surface area contributed by atoms with Crippen LogP contribution in [-0.2, 0) is 0 Å². The quantitative estimate of drug-likeness (QED) is 0.160. The number of fused-ring (bicyclic) bond motifs is 10. The van der Waals surface area contributed by atoms with Gasteiger partial charge in [0.25, 0.3) is 0 Å². The van der Waals surface area contributed by atoms with Gasteiger partial charge < -0.3 is 9.13 Å². The Morgan fingerprint density at radius 3 is 1.59 bits per heavy atom. The van der Waals surface area contributed by atoms with E-state index in [9.17, 15) is 0 Å². The molecule has 0 radical (unpaired) electrons. The normalized spacial score (nSPS) is 11.8. The van der Waals surface area contributed by atoms with E-state index >= 15 is 0 Å². The van der Waals surface area contributed by atoms with Gasteiger partial charge in [0.2, 0.25) is 0 Å². The molecule has 5 heteroatoms. The predicted octanol–water partition coefficient (Wildman–Crippen LogP) is 17.9. The Morgan fingerprint density at radius 2 is 0.797 bits per heavy atom. The molecule has 3 heterocycles. The SMILES string of the molecule is c1ccc(-c2cccc(-c3ccc4c(-n5c6cc7ccccc7cc6c6ccc7ccccc7c65)ccc(-c5nc(-c6ccccc6)nc(-c6ccc7c(c6)c6ccccc6n7-c6ccccc6)n5)c4c3)c2)cc1. The zero-order valence-corrected chi connectivity index (χ0v) is 40.1. The maximum Gasteiger partial charge on any atom is 0.164 e. The van der Waals surface area contributed by atoms with Gasteiger partial charge in [0.15, 0.2) is 17.5 Å². The number of nitrogens with zero attached hydrogens (tertiary/aromatic N) is 5. The molecule has 12 aromatic carbocycles. The average Bonchev–Trinajstić information content (AvgIpc) is 4.04. The lowest BCUT2D eigenvalue weighted by Gasteiger charge is -2.17. The third-order valence-electron chi connectivity index (χ3n) is 14.9. The Kier molecular flexibility index (Phi) is 9.50. The maximum absolute atomic E-state index is 5.49. The maximum atomic E-state index is 5.49. The highest BCUT2D eigenvalue weighted by Gasteiger charge is 2.22. The topological polar surface area (TPSA) is 48.5 Å². The molecule has 0 saturated carbocycles. The van der Waals surface area contributed by atoms with Crippen molar-refractivity contribution < 1.29 is 0 Å². The van der Waals surface area contributed by atoms with Crippen molar-refractivity contribution in [3.8, 4) is 67.8 Å². The highest BCUT2D eigenvalue weighted by molar-refractivity contribution is 6.22. The molecule has 0 spiro atoms. The Bertz CT molecular complexity index is 4710. The van der Waals surface area contributed by atoms with Crippen LogP contribution < -0.4 is 0 Å². The van der Waals surface area contributed by atoms with Gasteiger partial charge in [-0.3, -0.25) is 0 Å². The van der Waals surface area contributed by atoms with Gasteiger partial charge in [0.05, 0.1) is 27.8 Å². The summed E-state index contributed by atoms with van der Waals surface area (Å²) < 4.78 is 4.84. The minimum absolute atomic E-state index is 0.603. The largest absolute Gasteiger partial charge is 0.309 e. The van der Waals surface area contributed by atoms with Gasteiger partial charge in [-0.25, -0.2) is 15.0 Å². The molecule has 3 aromatic heterocycles. The van der Waals surface area contributed by atoms with Crippen molar-refractivity contribution in [1.29, 1.82) is 0 Å². The van der Waals surface area contributed by atoms with Gasteiger partial charge in [0.1, 0.15) is 0 Å². The molecule has 0 aliphatic carbocycles. The summed E-state index contributed by atoms with van der Waals surface area (Å²) in [7, 11) is 0. The fourth-order valence-electron chi connectivity index (χ4n) is 11.4. The Balaban J connectivity index is 1.00. The molecule has 0 unspecified atom stereocenters. The summed E-state index contributed by atoms with van der Waals surface area (Å²) in [6.45, 7) is 0. The van der Waals surface area contributed by atoms with Crippen molar-refractivity contribution >= 4 is 75.9 Å². The molecule has 15 aromatic rings. The summed E-state index contributed by atoms with van der Waals surface area (Å²) in [4.78, 5) is 16.2. The van der Waals surface area contributed by atoms with Crippen LogP contribution in [0.2, 0.25) is 0 Å². The standard InChI is InChI=1S/C69H43N5/c1-4-17-44(18-5-1)47-24-16-25-48(39-47)51-32-34-56-59(40-51)58(36-38-63(56)74-65-43-50-23-11-10-22-49(50)41-61(65)57-35-31-45-19-12-13-28-54(45)66(57)74)69-71-67(46-20-6-2-7-21-46)70-68(72-69)52-33-37-64-60(42-52)55-29-14-15-30-62(55)73(64)53-26-8-3-9-27-53/h1-43H. The second-order valence-electron chi connectivity index (χ2n) is 19.2. The third kappa shape index (κ3) is 6.75. The molecule has 0 fully saturated rings. The molecule has 0 bridgehead atoms. The van der Waals surface area contributed by atoms with E-state index in [1.165, 1.54) is 54.3 Å². The smallest absolute Gasteiger partial charge is 0.164 e. The number of hydrogen-bond donors (Lipinski definition) is 0. The number of benzene rings is 12. The first-order valence-electron chi connectivity index (χ1n) is 25.2. The van der Waals surface area contributed by atoms with Crippen LogP contribution in [0.25, 0.3) is 144 Å². The summed E-state index contributed by atoms with van der Waals surface area (Å²) in [6.07, 6.45) is 0. The van der Waals surface area contributed by atoms with E-state index in [-0.39, 0.29) is 0 Å². The van der Waals surface area contributed by atoms with E-state index in [1.807, 2.05) is 18.2 Å². The first-order chi connectivity index (χ1) is 36.7. The van der Waals surface area contributed by atoms with Crippen LogP contribution in [-0.4, -0.2) is 24.1 Å². The second-order valence-corrected chi connectivity index (χ2v) is 19.2. The molecule has 15 rings (SSSR count).